The zero-order valence-corrected chi connectivity index (χ0v) is 20.4. The van der Waals surface area contributed by atoms with Gasteiger partial charge in [0.25, 0.3) is 0 Å². The van der Waals surface area contributed by atoms with Crippen molar-refractivity contribution >= 4 is 16.5 Å². The van der Waals surface area contributed by atoms with E-state index in [0.717, 1.165) is 46.9 Å². The second-order valence-electron chi connectivity index (χ2n) is 7.64. The fourth-order valence-electron chi connectivity index (χ4n) is 3.45. The van der Waals surface area contributed by atoms with Gasteiger partial charge in [-0.1, -0.05) is 30.3 Å². The van der Waals surface area contributed by atoms with Crippen LogP contribution in [0, 0.1) is 0 Å². The number of anilines is 1. The molecule has 0 aliphatic heterocycles. The van der Waals surface area contributed by atoms with E-state index in [1.54, 1.807) is 32.7 Å². The van der Waals surface area contributed by atoms with Crippen LogP contribution in [0.5, 0.6) is 23.0 Å². The first-order chi connectivity index (χ1) is 16.7. The Morgan fingerprint density at radius 2 is 1.26 bits per heavy atom. The first-order valence-corrected chi connectivity index (χ1v) is 11.8. The molecule has 7 heteroatoms. The van der Waals surface area contributed by atoms with E-state index in [-0.39, 0.29) is 0 Å². The summed E-state index contributed by atoms with van der Waals surface area (Å²) in [5.41, 5.74) is 3.25. The van der Waals surface area contributed by atoms with Crippen molar-refractivity contribution in [3.8, 4) is 23.0 Å². The van der Waals surface area contributed by atoms with Gasteiger partial charge in [-0.05, 0) is 47.5 Å². The Kier molecular flexibility index (Phi) is 7.88. The predicted octanol–water partition coefficient (Wildman–Crippen LogP) is 5.95. The van der Waals surface area contributed by atoms with Crippen molar-refractivity contribution in [3.63, 3.8) is 0 Å². The highest BCUT2D eigenvalue weighted by Gasteiger charge is 2.14. The molecular formula is C27H28N2O4S. The van der Waals surface area contributed by atoms with Crippen LogP contribution >= 0.6 is 11.3 Å². The quantitative estimate of drug-likeness (QED) is 0.266. The van der Waals surface area contributed by atoms with Crippen molar-refractivity contribution in [1.82, 2.24) is 4.98 Å². The fraction of sp³-hybridized carbons (Fsp3) is 0.222. The van der Waals surface area contributed by atoms with Crippen LogP contribution in [0.3, 0.4) is 0 Å². The lowest BCUT2D eigenvalue weighted by Crippen LogP contribution is -2.22. The number of rotatable bonds is 11. The molecule has 1 aromatic heterocycles. The molecule has 0 aliphatic rings. The lowest BCUT2D eigenvalue weighted by atomic mass is 10.1. The molecule has 6 nitrogen and oxygen atoms in total. The minimum Gasteiger partial charge on any atom is -0.497 e. The van der Waals surface area contributed by atoms with Crippen molar-refractivity contribution in [2.45, 2.75) is 19.7 Å². The maximum Gasteiger partial charge on any atom is 0.186 e. The molecule has 0 amide bonds. The minimum absolute atomic E-state index is 0.391. The van der Waals surface area contributed by atoms with E-state index in [4.69, 9.17) is 23.9 Å². The van der Waals surface area contributed by atoms with E-state index in [9.17, 15) is 0 Å². The highest BCUT2D eigenvalue weighted by atomic mass is 32.1. The molecule has 0 atom stereocenters. The van der Waals surface area contributed by atoms with Crippen molar-refractivity contribution in [2.24, 2.45) is 0 Å². The van der Waals surface area contributed by atoms with Crippen LogP contribution in [0.25, 0.3) is 0 Å². The first-order valence-electron chi connectivity index (χ1n) is 10.9. The topological polar surface area (TPSA) is 53.1 Å². The van der Waals surface area contributed by atoms with E-state index in [2.05, 4.69) is 29.2 Å². The normalized spacial score (nSPS) is 10.6. The molecule has 4 rings (SSSR count). The molecule has 176 valence electrons. The Bertz CT molecular complexity index is 1130. The van der Waals surface area contributed by atoms with Crippen LogP contribution in [-0.2, 0) is 19.7 Å². The van der Waals surface area contributed by atoms with Gasteiger partial charge in [-0.3, -0.25) is 0 Å². The third-order valence-corrected chi connectivity index (χ3v) is 6.25. The lowest BCUT2D eigenvalue weighted by Gasteiger charge is -2.22. The largest absolute Gasteiger partial charge is 0.497 e. The monoisotopic (exact) mass is 476 g/mol. The van der Waals surface area contributed by atoms with Gasteiger partial charge in [0.2, 0.25) is 0 Å². The Hall–Kier alpha value is -3.71. The molecular weight excluding hydrogens is 448 g/mol. The average Bonchev–Trinajstić information content (AvgIpc) is 3.37. The summed E-state index contributed by atoms with van der Waals surface area (Å²) in [6.45, 7) is 1.84. The van der Waals surface area contributed by atoms with Crippen LogP contribution in [0.1, 0.15) is 16.8 Å². The zero-order chi connectivity index (χ0) is 23.8. The van der Waals surface area contributed by atoms with E-state index in [0.29, 0.717) is 6.61 Å². The van der Waals surface area contributed by atoms with Crippen LogP contribution < -0.4 is 23.8 Å². The number of methoxy groups -OCH3 is 3. The van der Waals surface area contributed by atoms with Gasteiger partial charge in [0.05, 0.1) is 27.0 Å². The van der Waals surface area contributed by atoms with E-state index in [1.165, 1.54) is 11.1 Å². The van der Waals surface area contributed by atoms with Crippen molar-refractivity contribution < 1.29 is 18.9 Å². The minimum atomic E-state index is 0.391. The highest BCUT2D eigenvalue weighted by molar-refractivity contribution is 7.13. The summed E-state index contributed by atoms with van der Waals surface area (Å²) in [5, 5.41) is 2.99. The summed E-state index contributed by atoms with van der Waals surface area (Å²) in [6.07, 6.45) is 0. The van der Waals surface area contributed by atoms with Gasteiger partial charge in [-0.15, -0.1) is 11.3 Å². The smallest absolute Gasteiger partial charge is 0.186 e. The van der Waals surface area contributed by atoms with Crippen LogP contribution in [0.15, 0.2) is 78.2 Å². The Morgan fingerprint density at radius 1 is 0.706 bits per heavy atom. The molecule has 0 spiro atoms. The van der Waals surface area contributed by atoms with E-state index in [1.807, 2.05) is 53.9 Å². The summed E-state index contributed by atoms with van der Waals surface area (Å²) in [6, 6.07) is 23.8. The number of hydrogen-bond acceptors (Lipinski definition) is 7. The fourth-order valence-corrected chi connectivity index (χ4v) is 4.26. The maximum atomic E-state index is 5.93. The summed E-state index contributed by atoms with van der Waals surface area (Å²) >= 11 is 1.61. The lowest BCUT2D eigenvalue weighted by molar-refractivity contribution is 0.299. The van der Waals surface area contributed by atoms with Crippen LogP contribution in [0.2, 0.25) is 0 Å². The molecule has 0 saturated carbocycles. The van der Waals surface area contributed by atoms with Crippen LogP contribution in [0.4, 0.5) is 5.13 Å². The third-order valence-electron chi connectivity index (χ3n) is 5.30. The van der Waals surface area contributed by atoms with Gasteiger partial charge in [0, 0.05) is 24.5 Å². The van der Waals surface area contributed by atoms with Gasteiger partial charge in [0.1, 0.15) is 29.6 Å². The number of thiazole rings is 1. The molecule has 0 N–H and O–H groups in total. The summed E-state index contributed by atoms with van der Waals surface area (Å²) < 4.78 is 21.8. The highest BCUT2D eigenvalue weighted by Crippen LogP contribution is 2.27. The molecule has 0 bridgehead atoms. The number of hydrogen-bond donors (Lipinski definition) is 0. The van der Waals surface area contributed by atoms with Crippen molar-refractivity contribution in [3.05, 3.63) is 95.0 Å². The Morgan fingerprint density at radius 3 is 1.82 bits per heavy atom. The summed E-state index contributed by atoms with van der Waals surface area (Å²) in [7, 11) is 5.00. The second-order valence-corrected chi connectivity index (χ2v) is 8.48. The molecule has 3 aromatic carbocycles. The number of nitrogens with zero attached hydrogens (tertiary/aromatic N) is 2. The average molecular weight is 477 g/mol. The SMILES string of the molecule is COc1ccc(CN(Cc2ccc(OC)cc2)c2nc(COc3cccc(OC)c3)cs2)cc1. The predicted molar refractivity (Wildman–Crippen MR) is 135 cm³/mol. The number of benzene rings is 3. The van der Waals surface area contributed by atoms with Gasteiger partial charge in [-0.25, -0.2) is 4.98 Å². The molecule has 0 saturated heterocycles. The number of aromatic nitrogens is 1. The maximum absolute atomic E-state index is 5.93. The molecule has 0 unspecified atom stereocenters. The summed E-state index contributed by atoms with van der Waals surface area (Å²) in [4.78, 5) is 7.13. The first kappa shape index (κ1) is 23.4. The standard InChI is InChI=1S/C27H28N2O4S/c1-30-23-11-7-20(8-12-23)16-29(17-21-9-13-24(31-2)14-10-21)27-28-22(19-34-27)18-33-26-6-4-5-25(15-26)32-3/h4-15,19H,16-18H2,1-3H3. The Balaban J connectivity index is 1.50. The molecule has 0 fully saturated rings. The third kappa shape index (κ3) is 6.20. The zero-order valence-electron chi connectivity index (χ0n) is 19.6. The van der Waals surface area contributed by atoms with Crippen molar-refractivity contribution in [2.75, 3.05) is 26.2 Å². The molecule has 0 aliphatic carbocycles. The number of ether oxygens (including phenoxy) is 4. The van der Waals surface area contributed by atoms with E-state index >= 15 is 0 Å². The summed E-state index contributed by atoms with van der Waals surface area (Å²) in [5.74, 6) is 3.21. The molecule has 0 radical (unpaired) electrons. The van der Waals surface area contributed by atoms with Crippen LogP contribution in [-0.4, -0.2) is 26.3 Å². The van der Waals surface area contributed by atoms with Gasteiger partial charge >= 0.3 is 0 Å². The molecule has 1 heterocycles. The van der Waals surface area contributed by atoms with Gasteiger partial charge in [0.15, 0.2) is 5.13 Å². The molecule has 4 aromatic rings. The van der Waals surface area contributed by atoms with Gasteiger partial charge in [-0.2, -0.15) is 0 Å². The van der Waals surface area contributed by atoms with Crippen molar-refractivity contribution in [1.29, 1.82) is 0 Å². The van der Waals surface area contributed by atoms with E-state index < -0.39 is 0 Å². The second kappa shape index (κ2) is 11.4. The molecule has 34 heavy (non-hydrogen) atoms. The van der Waals surface area contributed by atoms with Gasteiger partial charge < -0.3 is 23.8 Å². The Labute approximate surface area is 204 Å².